The SMILES string of the molecule is Cc1nc(Nc2cnn(C3CCCCO3)c2)nnc1Cl. The molecule has 0 bridgehead atoms. The average molecular weight is 295 g/mol. The highest BCUT2D eigenvalue weighted by Gasteiger charge is 2.16. The van der Waals surface area contributed by atoms with E-state index in [0.29, 0.717) is 16.8 Å². The minimum absolute atomic E-state index is 0.0188. The molecule has 1 saturated heterocycles. The van der Waals surface area contributed by atoms with Crippen molar-refractivity contribution in [3.8, 4) is 0 Å². The van der Waals surface area contributed by atoms with Gasteiger partial charge in [0.05, 0.1) is 23.8 Å². The Bertz CT molecular complexity index is 595. The van der Waals surface area contributed by atoms with Gasteiger partial charge in [0.2, 0.25) is 5.95 Å². The maximum atomic E-state index is 5.79. The van der Waals surface area contributed by atoms with E-state index >= 15 is 0 Å². The van der Waals surface area contributed by atoms with Gasteiger partial charge in [0, 0.05) is 6.61 Å². The lowest BCUT2D eigenvalue weighted by atomic mass is 10.2. The molecular formula is C12H15ClN6O. The molecule has 0 spiro atoms. The van der Waals surface area contributed by atoms with Crippen molar-refractivity contribution in [3.63, 3.8) is 0 Å². The first kappa shape index (κ1) is 13.3. The largest absolute Gasteiger partial charge is 0.357 e. The molecule has 3 heterocycles. The van der Waals surface area contributed by atoms with Gasteiger partial charge in [-0.15, -0.1) is 10.2 Å². The number of halogens is 1. The molecule has 1 unspecified atom stereocenters. The van der Waals surface area contributed by atoms with E-state index in [0.717, 1.165) is 31.6 Å². The first-order valence-electron chi connectivity index (χ1n) is 6.52. The zero-order valence-corrected chi connectivity index (χ0v) is 11.8. The fourth-order valence-corrected chi connectivity index (χ4v) is 2.15. The van der Waals surface area contributed by atoms with Gasteiger partial charge in [-0.05, 0) is 26.2 Å². The predicted octanol–water partition coefficient (Wildman–Crippen LogP) is 2.47. The fourth-order valence-electron chi connectivity index (χ4n) is 2.07. The van der Waals surface area contributed by atoms with Crippen molar-refractivity contribution in [3.05, 3.63) is 23.2 Å². The first-order valence-corrected chi connectivity index (χ1v) is 6.90. The standard InChI is InChI=1S/C12H15ClN6O/c1-8-11(13)17-18-12(15-8)16-9-6-14-19(7-9)10-4-2-3-5-20-10/h6-7,10H,2-5H2,1H3,(H,15,16,18). The van der Waals surface area contributed by atoms with Crippen LogP contribution in [-0.4, -0.2) is 31.6 Å². The normalized spacial score (nSPS) is 19.0. The molecule has 3 rings (SSSR count). The van der Waals surface area contributed by atoms with E-state index in [2.05, 4.69) is 25.6 Å². The van der Waals surface area contributed by atoms with Crippen LogP contribution < -0.4 is 5.32 Å². The summed E-state index contributed by atoms with van der Waals surface area (Å²) in [5.74, 6) is 0.399. The lowest BCUT2D eigenvalue weighted by Gasteiger charge is -2.22. The molecule has 0 amide bonds. The number of nitrogens with zero attached hydrogens (tertiary/aromatic N) is 5. The Hall–Kier alpha value is -1.73. The molecule has 0 aliphatic carbocycles. The second kappa shape index (κ2) is 5.72. The molecule has 20 heavy (non-hydrogen) atoms. The summed E-state index contributed by atoms with van der Waals surface area (Å²) in [5.41, 5.74) is 1.43. The lowest BCUT2D eigenvalue weighted by molar-refractivity contribution is -0.0394. The Labute approximate surface area is 121 Å². The van der Waals surface area contributed by atoms with E-state index < -0.39 is 0 Å². The Morgan fingerprint density at radius 3 is 3.05 bits per heavy atom. The Kier molecular flexibility index (Phi) is 3.79. The van der Waals surface area contributed by atoms with Gasteiger partial charge in [-0.2, -0.15) is 5.10 Å². The number of aromatic nitrogens is 5. The van der Waals surface area contributed by atoms with Crippen molar-refractivity contribution in [2.45, 2.75) is 32.4 Å². The zero-order valence-electron chi connectivity index (χ0n) is 11.1. The van der Waals surface area contributed by atoms with Crippen molar-refractivity contribution in [1.82, 2.24) is 25.0 Å². The van der Waals surface area contributed by atoms with E-state index in [4.69, 9.17) is 16.3 Å². The van der Waals surface area contributed by atoms with Gasteiger partial charge < -0.3 is 10.1 Å². The van der Waals surface area contributed by atoms with Gasteiger partial charge in [0.1, 0.15) is 6.23 Å². The molecule has 2 aromatic rings. The van der Waals surface area contributed by atoms with Gasteiger partial charge in [-0.1, -0.05) is 11.6 Å². The Morgan fingerprint density at radius 1 is 1.40 bits per heavy atom. The smallest absolute Gasteiger partial charge is 0.247 e. The van der Waals surface area contributed by atoms with Crippen LogP contribution >= 0.6 is 11.6 Å². The molecule has 8 heteroatoms. The first-order chi connectivity index (χ1) is 9.72. The number of hydrogen-bond acceptors (Lipinski definition) is 6. The summed E-state index contributed by atoms with van der Waals surface area (Å²) in [5, 5.41) is 15.4. The number of ether oxygens (including phenoxy) is 1. The third-order valence-electron chi connectivity index (χ3n) is 3.11. The van der Waals surface area contributed by atoms with E-state index in [-0.39, 0.29) is 6.23 Å². The van der Waals surface area contributed by atoms with Crippen LogP contribution in [0.3, 0.4) is 0 Å². The number of hydrogen-bond donors (Lipinski definition) is 1. The van der Waals surface area contributed by atoms with Crippen LogP contribution in [-0.2, 0) is 4.74 Å². The van der Waals surface area contributed by atoms with Crippen molar-refractivity contribution >= 4 is 23.2 Å². The van der Waals surface area contributed by atoms with Gasteiger partial charge in [-0.25, -0.2) is 9.67 Å². The minimum atomic E-state index is 0.0188. The maximum Gasteiger partial charge on any atom is 0.247 e. The molecule has 0 aromatic carbocycles. The van der Waals surface area contributed by atoms with E-state index in [9.17, 15) is 0 Å². The molecule has 1 aliphatic rings. The second-order valence-corrected chi connectivity index (χ2v) is 5.02. The van der Waals surface area contributed by atoms with Crippen LogP contribution in [0.2, 0.25) is 5.15 Å². The molecule has 1 atom stereocenters. The predicted molar refractivity (Wildman–Crippen MR) is 73.9 cm³/mol. The number of aryl methyl sites for hydroxylation is 1. The van der Waals surface area contributed by atoms with Crippen LogP contribution in [0.1, 0.15) is 31.2 Å². The highest BCUT2D eigenvalue weighted by molar-refractivity contribution is 6.29. The summed E-state index contributed by atoms with van der Waals surface area (Å²) in [7, 11) is 0. The fraction of sp³-hybridized carbons (Fsp3) is 0.500. The number of rotatable bonds is 3. The lowest BCUT2D eigenvalue weighted by Crippen LogP contribution is -2.18. The molecule has 1 N–H and O–H groups in total. The monoisotopic (exact) mass is 294 g/mol. The highest BCUT2D eigenvalue weighted by Crippen LogP contribution is 2.23. The van der Waals surface area contributed by atoms with Gasteiger partial charge >= 0.3 is 0 Å². The summed E-state index contributed by atoms with van der Waals surface area (Å²) < 4.78 is 7.49. The molecule has 106 valence electrons. The van der Waals surface area contributed by atoms with Crippen molar-refractivity contribution < 1.29 is 4.74 Å². The van der Waals surface area contributed by atoms with E-state index in [1.807, 2.05) is 10.9 Å². The number of anilines is 2. The summed E-state index contributed by atoms with van der Waals surface area (Å²) in [4.78, 5) is 4.20. The van der Waals surface area contributed by atoms with Crippen molar-refractivity contribution in [2.75, 3.05) is 11.9 Å². The molecule has 1 aliphatic heterocycles. The second-order valence-electron chi connectivity index (χ2n) is 4.67. The van der Waals surface area contributed by atoms with Crippen LogP contribution in [0.25, 0.3) is 0 Å². The third-order valence-corrected chi connectivity index (χ3v) is 3.46. The molecular weight excluding hydrogens is 280 g/mol. The van der Waals surface area contributed by atoms with Crippen LogP contribution in [0, 0.1) is 6.92 Å². The highest BCUT2D eigenvalue weighted by atomic mass is 35.5. The molecule has 7 nitrogen and oxygen atoms in total. The van der Waals surface area contributed by atoms with Crippen LogP contribution in [0.15, 0.2) is 12.4 Å². The Balaban J connectivity index is 1.71. The zero-order chi connectivity index (χ0) is 13.9. The number of nitrogens with one attached hydrogen (secondary N) is 1. The van der Waals surface area contributed by atoms with Gasteiger partial charge in [0.25, 0.3) is 0 Å². The molecule has 0 saturated carbocycles. The van der Waals surface area contributed by atoms with Crippen LogP contribution in [0.4, 0.5) is 11.6 Å². The summed E-state index contributed by atoms with van der Waals surface area (Å²) in [6, 6.07) is 0. The maximum absolute atomic E-state index is 5.79. The quantitative estimate of drug-likeness (QED) is 0.937. The van der Waals surface area contributed by atoms with Crippen molar-refractivity contribution in [2.24, 2.45) is 0 Å². The van der Waals surface area contributed by atoms with Crippen molar-refractivity contribution in [1.29, 1.82) is 0 Å². The van der Waals surface area contributed by atoms with E-state index in [1.54, 1.807) is 13.1 Å². The van der Waals surface area contributed by atoms with Gasteiger partial charge in [0.15, 0.2) is 5.15 Å². The molecule has 0 radical (unpaired) electrons. The molecule has 1 fully saturated rings. The summed E-state index contributed by atoms with van der Waals surface area (Å²) >= 11 is 5.79. The molecule has 2 aromatic heterocycles. The van der Waals surface area contributed by atoms with Crippen LogP contribution in [0.5, 0.6) is 0 Å². The minimum Gasteiger partial charge on any atom is -0.357 e. The van der Waals surface area contributed by atoms with Gasteiger partial charge in [-0.3, -0.25) is 0 Å². The van der Waals surface area contributed by atoms with E-state index in [1.165, 1.54) is 0 Å². The summed E-state index contributed by atoms with van der Waals surface area (Å²) in [6.07, 6.45) is 6.88. The topological polar surface area (TPSA) is 77.8 Å². The summed E-state index contributed by atoms with van der Waals surface area (Å²) in [6.45, 7) is 2.57. The third kappa shape index (κ3) is 2.88. The average Bonchev–Trinajstić information content (AvgIpc) is 2.92. The Morgan fingerprint density at radius 2 is 2.30 bits per heavy atom.